The summed E-state index contributed by atoms with van der Waals surface area (Å²) in [5.74, 6) is -2.64. The molecule has 0 saturated carbocycles. The molecular formula is C59H95N5O17. The second-order valence-electron chi connectivity index (χ2n) is 23.3. The minimum Gasteiger partial charge on any atom is -0.493 e. The highest BCUT2D eigenvalue weighted by molar-refractivity contribution is 5.94. The first kappa shape index (κ1) is 66.9. The van der Waals surface area contributed by atoms with Gasteiger partial charge in [0.2, 0.25) is 0 Å². The van der Waals surface area contributed by atoms with Gasteiger partial charge in [-0.05, 0) is 125 Å². The number of rotatable bonds is 18. The van der Waals surface area contributed by atoms with Gasteiger partial charge in [0.1, 0.15) is 23.4 Å². The molecule has 18 atom stereocenters. The summed E-state index contributed by atoms with van der Waals surface area (Å²) in [4.78, 5) is 58.8. The lowest BCUT2D eigenvalue weighted by Crippen LogP contribution is -2.61. The Morgan fingerprint density at radius 2 is 1.43 bits per heavy atom. The number of methoxy groups -OCH3 is 3. The molecule has 458 valence electrons. The molecule has 3 heterocycles. The van der Waals surface area contributed by atoms with E-state index in [9.17, 15) is 34.5 Å². The molecule has 3 aliphatic rings. The monoisotopic (exact) mass is 1150 g/mol. The highest BCUT2D eigenvalue weighted by atomic mass is 16.7. The summed E-state index contributed by atoms with van der Waals surface area (Å²) in [6, 6.07) is 13.4. The number of alkyl carbamates (subject to hydrolysis) is 2. The number of nitrogens with one attached hydrogen (secondary N) is 3. The summed E-state index contributed by atoms with van der Waals surface area (Å²) in [5.41, 5.74) is -3.53. The van der Waals surface area contributed by atoms with Crippen LogP contribution >= 0.6 is 0 Å². The molecule has 0 spiro atoms. The molecule has 3 aliphatic heterocycles. The van der Waals surface area contributed by atoms with Crippen LogP contribution in [0.3, 0.4) is 0 Å². The van der Waals surface area contributed by atoms with Crippen LogP contribution in [0.25, 0.3) is 0 Å². The molecule has 6 N–H and O–H groups in total. The van der Waals surface area contributed by atoms with Crippen LogP contribution in [0.1, 0.15) is 111 Å². The first-order valence-electron chi connectivity index (χ1n) is 28.4. The van der Waals surface area contributed by atoms with Gasteiger partial charge in [-0.2, -0.15) is 0 Å². The zero-order chi connectivity index (χ0) is 60.1. The topological polar surface area (TPSA) is 264 Å². The summed E-state index contributed by atoms with van der Waals surface area (Å²) < 4.78 is 61.8. The van der Waals surface area contributed by atoms with Gasteiger partial charge in [0, 0.05) is 63.3 Å². The Morgan fingerprint density at radius 3 is 2.05 bits per heavy atom. The number of nitrogens with zero attached hydrogens (tertiary/aromatic N) is 2. The van der Waals surface area contributed by atoms with E-state index >= 15 is 0 Å². The number of hydrogen-bond donors (Lipinski definition) is 6. The van der Waals surface area contributed by atoms with Gasteiger partial charge in [-0.1, -0.05) is 51.1 Å². The molecule has 3 fully saturated rings. The SMILES string of the molecule is CC[C@H]1OC(=O)[C@H](C)[C@@H](O[C@H]2C[C@@](C)(OC)[C@@H](OC(=O)NCCNC(=O)c3ccc(OC)c(OC)c3)[C@H](C)O2)[C@H](C)[C@@H](O[C@@H]2O[C@H](C)C[C@H](N(C)C)[C@H]2O)[C@](C)(O)C[C@@H](C)CN(C)[C@H](C)[C@@H](OC(=O)NCCc2ccccc2)[C@]1(C)O. The number of amides is 3. The largest absolute Gasteiger partial charge is 0.493 e. The van der Waals surface area contributed by atoms with E-state index in [-0.39, 0.29) is 57.0 Å². The molecule has 0 aromatic heterocycles. The average molecular weight is 1150 g/mol. The second-order valence-corrected chi connectivity index (χ2v) is 23.3. The van der Waals surface area contributed by atoms with Crippen LogP contribution in [0.5, 0.6) is 11.5 Å². The Balaban J connectivity index is 1.44. The zero-order valence-electron chi connectivity index (χ0n) is 50.6. The van der Waals surface area contributed by atoms with Crippen molar-refractivity contribution in [3.05, 3.63) is 59.7 Å². The van der Waals surface area contributed by atoms with Crippen molar-refractivity contribution in [2.24, 2.45) is 17.8 Å². The van der Waals surface area contributed by atoms with Crippen molar-refractivity contribution in [2.45, 2.75) is 192 Å². The Kier molecular flexibility index (Phi) is 24.4. The van der Waals surface area contributed by atoms with E-state index in [0.29, 0.717) is 36.4 Å². The Morgan fingerprint density at radius 1 is 0.802 bits per heavy atom. The molecule has 3 amide bonds. The van der Waals surface area contributed by atoms with Crippen molar-refractivity contribution in [3.63, 3.8) is 0 Å². The van der Waals surface area contributed by atoms with Crippen LogP contribution < -0.4 is 25.4 Å². The van der Waals surface area contributed by atoms with Crippen LogP contribution in [-0.4, -0.2) is 208 Å². The third-order valence-electron chi connectivity index (χ3n) is 16.4. The molecule has 3 saturated heterocycles. The Hall–Kier alpha value is -4.88. The van der Waals surface area contributed by atoms with E-state index < -0.39 is 114 Å². The van der Waals surface area contributed by atoms with Crippen LogP contribution in [0.4, 0.5) is 9.59 Å². The van der Waals surface area contributed by atoms with Crippen LogP contribution in [0, 0.1) is 17.8 Å². The molecule has 5 rings (SSSR count). The number of aliphatic hydroxyl groups is 3. The van der Waals surface area contributed by atoms with Crippen LogP contribution in [0.15, 0.2) is 48.5 Å². The summed E-state index contributed by atoms with van der Waals surface area (Å²) in [6.45, 7) is 18.1. The quantitative estimate of drug-likeness (QED) is 0.0647. The molecule has 0 aliphatic carbocycles. The molecule has 0 unspecified atom stereocenters. The fraction of sp³-hybridized carbons (Fsp3) is 0.729. The van der Waals surface area contributed by atoms with Crippen molar-refractivity contribution in [1.82, 2.24) is 25.8 Å². The second kappa shape index (κ2) is 29.6. The number of carbonyl (C=O) groups excluding carboxylic acids is 4. The summed E-state index contributed by atoms with van der Waals surface area (Å²) in [6.07, 6.45) is -10.7. The summed E-state index contributed by atoms with van der Waals surface area (Å²) >= 11 is 0. The van der Waals surface area contributed by atoms with Crippen LogP contribution in [0.2, 0.25) is 0 Å². The van der Waals surface area contributed by atoms with Gasteiger partial charge in [0.25, 0.3) is 5.91 Å². The summed E-state index contributed by atoms with van der Waals surface area (Å²) in [5, 5.41) is 45.8. The number of cyclic esters (lactones) is 1. The van der Waals surface area contributed by atoms with Gasteiger partial charge >= 0.3 is 18.2 Å². The number of esters is 1. The maximum atomic E-state index is 15.0. The van der Waals surface area contributed by atoms with Gasteiger partial charge in [0.05, 0.1) is 50.2 Å². The van der Waals surface area contributed by atoms with Crippen molar-refractivity contribution < 1.29 is 81.9 Å². The van der Waals surface area contributed by atoms with Gasteiger partial charge in [-0.15, -0.1) is 0 Å². The molecule has 0 bridgehead atoms. The number of benzene rings is 2. The lowest BCUT2D eigenvalue weighted by atomic mass is 9.77. The first-order valence-corrected chi connectivity index (χ1v) is 28.4. The van der Waals surface area contributed by atoms with Gasteiger partial charge in [-0.3, -0.25) is 14.5 Å². The van der Waals surface area contributed by atoms with Crippen molar-refractivity contribution in [3.8, 4) is 11.5 Å². The molecule has 0 radical (unpaired) electrons. The number of hydrogen-bond acceptors (Lipinski definition) is 19. The van der Waals surface area contributed by atoms with Crippen molar-refractivity contribution in [2.75, 3.05) is 68.7 Å². The maximum Gasteiger partial charge on any atom is 0.407 e. The lowest BCUT2D eigenvalue weighted by molar-refractivity contribution is -0.317. The van der Waals surface area contributed by atoms with E-state index in [4.69, 9.17) is 47.4 Å². The first-order chi connectivity index (χ1) is 38.1. The lowest BCUT2D eigenvalue weighted by Gasteiger charge is -2.49. The smallest absolute Gasteiger partial charge is 0.407 e. The summed E-state index contributed by atoms with van der Waals surface area (Å²) in [7, 11) is 10.0. The number of ether oxygens (including phenoxy) is 10. The van der Waals surface area contributed by atoms with E-state index in [2.05, 4.69) is 16.0 Å². The molecule has 2 aromatic carbocycles. The third-order valence-corrected chi connectivity index (χ3v) is 16.4. The fourth-order valence-electron chi connectivity index (χ4n) is 11.8. The minimum atomic E-state index is -1.95. The Labute approximate surface area is 479 Å². The highest BCUT2D eigenvalue weighted by Gasteiger charge is 2.54. The minimum absolute atomic E-state index is 0.0213. The predicted molar refractivity (Wildman–Crippen MR) is 301 cm³/mol. The number of likely N-dealkylation sites (N-methyl/N-ethyl adjacent to an activating group) is 2. The van der Waals surface area contributed by atoms with E-state index in [1.807, 2.05) is 82.0 Å². The zero-order valence-corrected chi connectivity index (χ0v) is 50.6. The van der Waals surface area contributed by atoms with E-state index in [1.165, 1.54) is 28.3 Å². The third kappa shape index (κ3) is 17.4. The van der Waals surface area contributed by atoms with Gasteiger partial charge in [0.15, 0.2) is 36.3 Å². The molecule has 81 heavy (non-hydrogen) atoms. The molecular weight excluding hydrogens is 1050 g/mol. The van der Waals surface area contributed by atoms with E-state index in [0.717, 1.165) is 5.56 Å². The average Bonchev–Trinajstić information content (AvgIpc) is 3.48. The van der Waals surface area contributed by atoms with Crippen molar-refractivity contribution in [1.29, 1.82) is 0 Å². The van der Waals surface area contributed by atoms with Crippen molar-refractivity contribution >= 4 is 24.1 Å². The molecule has 22 nitrogen and oxygen atoms in total. The highest BCUT2D eigenvalue weighted by Crippen LogP contribution is 2.41. The van der Waals surface area contributed by atoms with E-state index in [1.54, 1.807) is 59.7 Å². The predicted octanol–water partition coefficient (Wildman–Crippen LogP) is 5.06. The normalized spacial score (nSPS) is 35.6. The fourth-order valence-corrected chi connectivity index (χ4v) is 11.8. The molecule has 2 aromatic rings. The number of carbonyl (C=O) groups is 4. The van der Waals surface area contributed by atoms with Gasteiger partial charge < -0.3 is 83.5 Å². The number of aliphatic hydroxyl groups excluding tert-OH is 1. The standard InChI is InChI=1S/C59H95N5O17/c1-17-45-59(10,71)50(80-55(68)61-26-25-40-21-19-18-20-22-40)38(6)64(13)33-34(2)31-57(8,70)49(79-54-47(65)42(63(11)12)29-35(3)75-54)36(4)48(37(5)53(67)77-45)78-46-32-58(9,74-16)51(39(7)76-46)81-56(69)62-28-27-60-52(66)41-23-24-43(72-14)44(30-41)73-15/h18-24,30,34-39,42,45-51,54,65,70-71H,17,25-29,31-33H2,1-16H3,(H,60,66)(H,61,68)(H,62,69)/t34-,35-,36+,37-,38-,39+,42+,45-,46+,47-,48+,49-,50-,51+,54+,57-,58-,59-/m1/s1. The maximum absolute atomic E-state index is 15.0. The van der Waals surface area contributed by atoms with Crippen LogP contribution in [-0.2, 0) is 49.1 Å². The molecule has 22 heteroatoms. The Bertz CT molecular complexity index is 2330. The van der Waals surface area contributed by atoms with Gasteiger partial charge in [-0.25, -0.2) is 9.59 Å².